The first-order valence-corrected chi connectivity index (χ1v) is 9.27. The van der Waals surface area contributed by atoms with Gasteiger partial charge in [0, 0.05) is 18.1 Å². The SMILES string of the molecule is COC(=O)c1c(C)oc(C)c1S(=O)(=O)NC1CC2CCC(C1)N2.Cl. The largest absolute Gasteiger partial charge is 0.465 e. The number of hydrogen-bond acceptors (Lipinski definition) is 6. The minimum Gasteiger partial charge on any atom is -0.465 e. The van der Waals surface area contributed by atoms with Gasteiger partial charge in [-0.2, -0.15) is 0 Å². The average Bonchev–Trinajstić information content (AvgIpc) is 2.96. The van der Waals surface area contributed by atoms with Crippen LogP contribution in [-0.2, 0) is 14.8 Å². The molecule has 0 aliphatic carbocycles. The summed E-state index contributed by atoms with van der Waals surface area (Å²) < 4.78 is 38.4. The van der Waals surface area contributed by atoms with Crippen LogP contribution in [-0.4, -0.2) is 39.6 Å². The summed E-state index contributed by atoms with van der Waals surface area (Å²) in [5.74, 6) is -0.252. The highest BCUT2D eigenvalue weighted by molar-refractivity contribution is 7.89. The predicted molar refractivity (Wildman–Crippen MR) is 90.1 cm³/mol. The summed E-state index contributed by atoms with van der Waals surface area (Å²) in [5, 5.41) is 3.47. The Morgan fingerprint density at radius 3 is 2.33 bits per heavy atom. The van der Waals surface area contributed by atoms with Crippen LogP contribution in [0.1, 0.15) is 47.6 Å². The molecule has 2 atom stereocenters. The summed E-state index contributed by atoms with van der Waals surface area (Å²) >= 11 is 0. The van der Waals surface area contributed by atoms with Crippen molar-refractivity contribution in [1.29, 1.82) is 0 Å². The lowest BCUT2D eigenvalue weighted by Crippen LogP contribution is -2.48. The second-order valence-corrected chi connectivity index (χ2v) is 7.99. The van der Waals surface area contributed by atoms with E-state index in [0.717, 1.165) is 25.7 Å². The van der Waals surface area contributed by atoms with Crippen molar-refractivity contribution >= 4 is 28.4 Å². The second kappa shape index (κ2) is 7.03. The summed E-state index contributed by atoms with van der Waals surface area (Å²) in [6.07, 6.45) is 3.69. The van der Waals surface area contributed by atoms with Gasteiger partial charge >= 0.3 is 5.97 Å². The molecule has 0 radical (unpaired) electrons. The van der Waals surface area contributed by atoms with Crippen LogP contribution in [0, 0.1) is 13.8 Å². The summed E-state index contributed by atoms with van der Waals surface area (Å²) in [6, 6.07) is 0.612. The third-order valence-electron chi connectivity index (χ3n) is 4.66. The highest BCUT2D eigenvalue weighted by Gasteiger charge is 2.38. The lowest BCUT2D eigenvalue weighted by Gasteiger charge is -2.29. The van der Waals surface area contributed by atoms with Gasteiger partial charge in [-0.05, 0) is 39.5 Å². The lowest BCUT2D eigenvalue weighted by atomic mass is 10.0. The van der Waals surface area contributed by atoms with Crippen LogP contribution in [0.4, 0.5) is 0 Å². The number of halogens is 1. The molecule has 2 fully saturated rings. The molecule has 9 heteroatoms. The van der Waals surface area contributed by atoms with E-state index >= 15 is 0 Å². The zero-order valence-corrected chi connectivity index (χ0v) is 15.6. The van der Waals surface area contributed by atoms with Crippen molar-refractivity contribution in [1.82, 2.24) is 10.0 Å². The summed E-state index contributed by atoms with van der Waals surface area (Å²) in [7, 11) is -2.63. The molecule has 2 bridgehead atoms. The molecule has 2 unspecified atom stereocenters. The number of piperidine rings is 1. The molecule has 2 saturated heterocycles. The zero-order valence-electron chi connectivity index (χ0n) is 13.9. The fourth-order valence-corrected chi connectivity index (χ4v) is 5.42. The van der Waals surface area contributed by atoms with Crippen LogP contribution >= 0.6 is 12.4 Å². The Morgan fingerprint density at radius 2 is 1.79 bits per heavy atom. The van der Waals surface area contributed by atoms with E-state index in [4.69, 9.17) is 9.15 Å². The van der Waals surface area contributed by atoms with Crippen molar-refractivity contribution in [2.75, 3.05) is 7.11 Å². The molecular formula is C15H23ClN2O5S. The number of aryl methyl sites for hydroxylation is 2. The van der Waals surface area contributed by atoms with Crippen LogP contribution in [0.15, 0.2) is 9.31 Å². The molecule has 3 heterocycles. The van der Waals surface area contributed by atoms with Gasteiger partial charge in [0.25, 0.3) is 0 Å². The molecule has 7 nitrogen and oxygen atoms in total. The van der Waals surface area contributed by atoms with Crippen molar-refractivity contribution in [3.05, 3.63) is 17.1 Å². The van der Waals surface area contributed by atoms with E-state index in [1.54, 1.807) is 13.8 Å². The normalized spacial score (nSPS) is 26.0. The van der Waals surface area contributed by atoms with Crippen LogP contribution in [0.2, 0.25) is 0 Å². The maximum absolute atomic E-state index is 12.8. The summed E-state index contributed by atoms with van der Waals surface area (Å²) in [6.45, 7) is 3.10. The van der Waals surface area contributed by atoms with E-state index in [0.29, 0.717) is 12.1 Å². The molecule has 0 aromatic carbocycles. The third-order valence-corrected chi connectivity index (χ3v) is 6.33. The average molecular weight is 379 g/mol. The number of carbonyl (C=O) groups is 1. The first-order chi connectivity index (χ1) is 10.8. The minimum absolute atomic E-state index is 0. The number of nitrogens with one attached hydrogen (secondary N) is 2. The highest BCUT2D eigenvalue weighted by atomic mass is 35.5. The number of carbonyl (C=O) groups excluding carboxylic acids is 1. The number of rotatable bonds is 4. The Bertz CT molecular complexity index is 718. The molecular weight excluding hydrogens is 356 g/mol. The van der Waals surface area contributed by atoms with Gasteiger partial charge in [-0.1, -0.05) is 0 Å². The van der Waals surface area contributed by atoms with Crippen molar-refractivity contribution in [2.24, 2.45) is 0 Å². The first-order valence-electron chi connectivity index (χ1n) is 7.78. The number of fused-ring (bicyclic) bond motifs is 2. The van der Waals surface area contributed by atoms with Crippen LogP contribution in [0.5, 0.6) is 0 Å². The smallest absolute Gasteiger partial charge is 0.342 e. The number of sulfonamides is 1. The van der Waals surface area contributed by atoms with Gasteiger partial charge in [-0.15, -0.1) is 12.4 Å². The highest BCUT2D eigenvalue weighted by Crippen LogP contribution is 2.30. The maximum atomic E-state index is 12.8. The molecule has 1 aromatic rings. The predicted octanol–water partition coefficient (Wildman–Crippen LogP) is 1.67. The Kier molecular flexibility index (Phi) is 5.64. The molecule has 2 aliphatic heterocycles. The Hall–Kier alpha value is -1.09. The standard InChI is InChI=1S/C15H22N2O5S.ClH/c1-8-13(15(18)21-3)14(9(2)22-8)23(19,20)17-12-6-10-4-5-11(7-12)16-10;/h10-12,16-17H,4-7H2,1-3H3;1H. The van der Waals surface area contributed by atoms with Crippen LogP contribution < -0.4 is 10.0 Å². The topological polar surface area (TPSA) is 97.6 Å². The van der Waals surface area contributed by atoms with Gasteiger partial charge in [-0.25, -0.2) is 17.9 Å². The Labute approximate surface area is 148 Å². The number of methoxy groups -OCH3 is 1. The molecule has 0 amide bonds. The van der Waals surface area contributed by atoms with E-state index < -0.39 is 16.0 Å². The monoisotopic (exact) mass is 378 g/mol. The molecule has 1 aromatic heterocycles. The second-order valence-electron chi connectivity index (χ2n) is 6.34. The Balaban J connectivity index is 0.00000208. The first kappa shape index (κ1) is 19.2. The molecule has 3 rings (SSSR count). The van der Waals surface area contributed by atoms with E-state index in [1.165, 1.54) is 7.11 Å². The fourth-order valence-electron chi connectivity index (χ4n) is 3.76. The maximum Gasteiger partial charge on any atom is 0.342 e. The molecule has 24 heavy (non-hydrogen) atoms. The Morgan fingerprint density at radius 1 is 1.21 bits per heavy atom. The van der Waals surface area contributed by atoms with E-state index in [-0.39, 0.29) is 40.4 Å². The van der Waals surface area contributed by atoms with Crippen molar-refractivity contribution in [3.8, 4) is 0 Å². The molecule has 136 valence electrons. The molecule has 2 aliphatic rings. The van der Waals surface area contributed by atoms with Crippen LogP contribution in [0.3, 0.4) is 0 Å². The van der Waals surface area contributed by atoms with E-state index in [2.05, 4.69) is 10.0 Å². The molecule has 0 saturated carbocycles. The van der Waals surface area contributed by atoms with Gasteiger partial charge in [0.1, 0.15) is 22.0 Å². The van der Waals surface area contributed by atoms with Gasteiger partial charge < -0.3 is 14.5 Å². The van der Waals surface area contributed by atoms with Gasteiger partial charge in [0.05, 0.1) is 7.11 Å². The van der Waals surface area contributed by atoms with Gasteiger partial charge in [0.2, 0.25) is 10.0 Å². The quantitative estimate of drug-likeness (QED) is 0.773. The number of ether oxygens (including phenoxy) is 1. The number of hydrogen-bond donors (Lipinski definition) is 2. The fraction of sp³-hybridized carbons (Fsp3) is 0.667. The minimum atomic E-state index is -3.85. The van der Waals surface area contributed by atoms with Gasteiger partial charge in [0.15, 0.2) is 0 Å². The third kappa shape index (κ3) is 3.46. The van der Waals surface area contributed by atoms with Crippen molar-refractivity contribution < 1.29 is 22.4 Å². The van der Waals surface area contributed by atoms with E-state index in [1.807, 2.05) is 0 Å². The number of furan rings is 1. The van der Waals surface area contributed by atoms with Crippen molar-refractivity contribution in [3.63, 3.8) is 0 Å². The number of esters is 1. The van der Waals surface area contributed by atoms with Crippen LogP contribution in [0.25, 0.3) is 0 Å². The molecule has 2 N–H and O–H groups in total. The molecule has 0 spiro atoms. The van der Waals surface area contributed by atoms with Crippen molar-refractivity contribution in [2.45, 2.75) is 62.6 Å². The van der Waals surface area contributed by atoms with E-state index in [9.17, 15) is 13.2 Å². The summed E-state index contributed by atoms with van der Waals surface area (Å²) in [5.41, 5.74) is -0.0191. The zero-order chi connectivity index (χ0) is 16.8. The van der Waals surface area contributed by atoms with Gasteiger partial charge in [-0.3, -0.25) is 0 Å². The lowest BCUT2D eigenvalue weighted by molar-refractivity contribution is 0.0594. The summed E-state index contributed by atoms with van der Waals surface area (Å²) in [4.78, 5) is 11.8.